The van der Waals surface area contributed by atoms with Crippen LogP contribution < -0.4 is 5.32 Å². The van der Waals surface area contributed by atoms with Crippen molar-refractivity contribution < 1.29 is 14.6 Å². The molecular weight excluding hydrogens is 230 g/mol. The van der Waals surface area contributed by atoms with Crippen LogP contribution in [-0.2, 0) is 9.53 Å². The summed E-state index contributed by atoms with van der Waals surface area (Å²) in [5, 5.41) is 13.3. The molecule has 2 aliphatic rings. The molecule has 1 aliphatic heterocycles. The van der Waals surface area contributed by atoms with Gasteiger partial charge in [-0.15, -0.1) is 0 Å². The van der Waals surface area contributed by atoms with Gasteiger partial charge in [-0.2, -0.15) is 0 Å². The van der Waals surface area contributed by atoms with Crippen LogP contribution in [0.3, 0.4) is 0 Å². The molecule has 4 heteroatoms. The largest absolute Gasteiger partial charge is 0.388 e. The summed E-state index contributed by atoms with van der Waals surface area (Å²) in [7, 11) is 0. The van der Waals surface area contributed by atoms with Gasteiger partial charge >= 0.3 is 0 Å². The predicted molar refractivity (Wildman–Crippen MR) is 69.2 cm³/mol. The molecule has 0 bridgehead atoms. The van der Waals surface area contributed by atoms with Crippen molar-refractivity contribution in [1.82, 2.24) is 5.32 Å². The van der Waals surface area contributed by atoms with Gasteiger partial charge in [0.2, 0.25) is 5.91 Å². The van der Waals surface area contributed by atoms with E-state index in [2.05, 4.69) is 12.2 Å². The predicted octanol–water partition coefficient (Wildman–Crippen LogP) is 1.61. The Morgan fingerprint density at radius 3 is 2.67 bits per heavy atom. The third-order valence-corrected chi connectivity index (χ3v) is 4.43. The Kier molecular flexibility index (Phi) is 4.62. The van der Waals surface area contributed by atoms with Crippen LogP contribution in [-0.4, -0.2) is 35.9 Å². The Morgan fingerprint density at radius 1 is 1.39 bits per heavy atom. The van der Waals surface area contributed by atoms with Crippen LogP contribution in [0.2, 0.25) is 0 Å². The summed E-state index contributed by atoms with van der Waals surface area (Å²) in [6.45, 7) is 3.26. The summed E-state index contributed by atoms with van der Waals surface area (Å²) in [6, 6.07) is 0. The van der Waals surface area contributed by atoms with E-state index in [0.29, 0.717) is 13.2 Å². The number of nitrogens with one attached hydrogen (secondary N) is 1. The van der Waals surface area contributed by atoms with E-state index in [1.807, 2.05) is 0 Å². The summed E-state index contributed by atoms with van der Waals surface area (Å²) in [5.41, 5.74) is -0.695. The molecule has 1 heterocycles. The normalized spacial score (nSPS) is 36.6. The highest BCUT2D eigenvalue weighted by Crippen LogP contribution is 2.33. The first-order valence-corrected chi connectivity index (χ1v) is 7.25. The van der Waals surface area contributed by atoms with Crippen LogP contribution >= 0.6 is 0 Å². The fraction of sp³-hybridized carbons (Fsp3) is 0.929. The molecule has 0 spiro atoms. The Balaban J connectivity index is 1.73. The average Bonchev–Trinajstić information content (AvgIpc) is 2.91. The zero-order chi connectivity index (χ0) is 13.0. The van der Waals surface area contributed by atoms with Crippen LogP contribution in [0.25, 0.3) is 0 Å². The van der Waals surface area contributed by atoms with E-state index < -0.39 is 5.60 Å². The molecule has 1 saturated heterocycles. The molecule has 2 rings (SSSR count). The van der Waals surface area contributed by atoms with Gasteiger partial charge in [-0.25, -0.2) is 0 Å². The topological polar surface area (TPSA) is 58.6 Å². The molecule has 1 aliphatic carbocycles. The lowest BCUT2D eigenvalue weighted by Crippen LogP contribution is -2.47. The van der Waals surface area contributed by atoms with Crippen LogP contribution in [0, 0.1) is 5.92 Å². The summed E-state index contributed by atoms with van der Waals surface area (Å²) in [5.74, 6) is 0.692. The van der Waals surface area contributed by atoms with Crippen LogP contribution in [0.4, 0.5) is 0 Å². The van der Waals surface area contributed by atoms with Gasteiger partial charge < -0.3 is 15.2 Å². The van der Waals surface area contributed by atoms with E-state index in [1.54, 1.807) is 0 Å². The van der Waals surface area contributed by atoms with Gasteiger partial charge in [-0.3, -0.25) is 4.79 Å². The third kappa shape index (κ3) is 3.45. The van der Waals surface area contributed by atoms with Gasteiger partial charge in [0, 0.05) is 13.2 Å². The SMILES string of the molecule is CCC1CCC(O)(CNC(=O)[C@@H]2CCCO2)CC1. The van der Waals surface area contributed by atoms with Gasteiger partial charge in [0.05, 0.1) is 5.60 Å². The van der Waals surface area contributed by atoms with Crippen molar-refractivity contribution in [3.05, 3.63) is 0 Å². The first-order chi connectivity index (χ1) is 8.63. The molecule has 0 radical (unpaired) electrons. The monoisotopic (exact) mass is 255 g/mol. The number of ether oxygens (including phenoxy) is 1. The summed E-state index contributed by atoms with van der Waals surface area (Å²) in [6.07, 6.45) is 6.42. The van der Waals surface area contributed by atoms with Crippen LogP contribution in [0.5, 0.6) is 0 Å². The van der Waals surface area contributed by atoms with Gasteiger partial charge in [-0.1, -0.05) is 13.3 Å². The van der Waals surface area contributed by atoms with Gasteiger partial charge in [-0.05, 0) is 44.4 Å². The lowest BCUT2D eigenvalue weighted by Gasteiger charge is -2.36. The highest BCUT2D eigenvalue weighted by atomic mass is 16.5. The summed E-state index contributed by atoms with van der Waals surface area (Å²) in [4.78, 5) is 11.8. The van der Waals surface area contributed by atoms with E-state index in [-0.39, 0.29) is 12.0 Å². The van der Waals surface area contributed by atoms with E-state index >= 15 is 0 Å². The Hall–Kier alpha value is -0.610. The van der Waals surface area contributed by atoms with Crippen molar-refractivity contribution in [2.45, 2.75) is 63.6 Å². The molecule has 0 aromatic carbocycles. The number of amides is 1. The molecule has 2 fully saturated rings. The van der Waals surface area contributed by atoms with Crippen LogP contribution in [0.15, 0.2) is 0 Å². The smallest absolute Gasteiger partial charge is 0.249 e. The van der Waals surface area contributed by atoms with Gasteiger partial charge in [0.25, 0.3) is 0 Å². The number of hydrogen-bond donors (Lipinski definition) is 2. The lowest BCUT2D eigenvalue weighted by molar-refractivity contribution is -0.131. The van der Waals surface area contributed by atoms with E-state index in [4.69, 9.17) is 4.74 Å². The first-order valence-electron chi connectivity index (χ1n) is 7.25. The van der Waals surface area contributed by atoms with Crippen molar-refractivity contribution in [3.8, 4) is 0 Å². The zero-order valence-corrected chi connectivity index (χ0v) is 11.3. The van der Waals surface area contributed by atoms with Crippen molar-refractivity contribution >= 4 is 5.91 Å². The zero-order valence-electron chi connectivity index (χ0n) is 11.3. The molecule has 0 aromatic heterocycles. The Bertz CT molecular complexity index is 279. The van der Waals surface area contributed by atoms with E-state index in [0.717, 1.165) is 44.4 Å². The number of hydrogen-bond acceptors (Lipinski definition) is 3. The fourth-order valence-electron chi connectivity index (χ4n) is 2.95. The first kappa shape index (κ1) is 13.8. The second-order valence-corrected chi connectivity index (χ2v) is 5.80. The molecule has 0 aromatic rings. The number of rotatable bonds is 4. The minimum absolute atomic E-state index is 0.0569. The van der Waals surface area contributed by atoms with Gasteiger partial charge in [0.1, 0.15) is 6.10 Å². The van der Waals surface area contributed by atoms with E-state index in [1.165, 1.54) is 6.42 Å². The maximum atomic E-state index is 11.8. The molecule has 1 atom stereocenters. The molecular formula is C14H25NO3. The minimum Gasteiger partial charge on any atom is -0.388 e. The van der Waals surface area contributed by atoms with Crippen molar-refractivity contribution in [2.24, 2.45) is 5.92 Å². The van der Waals surface area contributed by atoms with Crippen molar-refractivity contribution in [2.75, 3.05) is 13.2 Å². The lowest BCUT2D eigenvalue weighted by atomic mass is 9.78. The molecule has 0 unspecified atom stereocenters. The third-order valence-electron chi connectivity index (χ3n) is 4.43. The molecule has 4 nitrogen and oxygen atoms in total. The molecule has 2 N–H and O–H groups in total. The summed E-state index contributed by atoms with van der Waals surface area (Å²) >= 11 is 0. The molecule has 1 amide bonds. The number of carbonyl (C=O) groups is 1. The maximum Gasteiger partial charge on any atom is 0.249 e. The minimum atomic E-state index is -0.695. The fourth-order valence-corrected chi connectivity index (χ4v) is 2.95. The maximum absolute atomic E-state index is 11.8. The summed E-state index contributed by atoms with van der Waals surface area (Å²) < 4.78 is 5.33. The standard InChI is InChI=1S/C14H25NO3/c1-2-11-5-7-14(17,8-6-11)10-15-13(16)12-4-3-9-18-12/h11-12,17H,2-10H2,1H3,(H,15,16)/t11?,12-,14?/m0/s1. The average molecular weight is 255 g/mol. The van der Waals surface area contributed by atoms with Crippen molar-refractivity contribution in [3.63, 3.8) is 0 Å². The highest BCUT2D eigenvalue weighted by Gasteiger charge is 2.34. The second-order valence-electron chi connectivity index (χ2n) is 5.80. The number of carbonyl (C=O) groups excluding carboxylic acids is 1. The molecule has 104 valence electrons. The van der Waals surface area contributed by atoms with Crippen LogP contribution in [0.1, 0.15) is 51.9 Å². The number of aliphatic hydroxyl groups is 1. The quantitative estimate of drug-likeness (QED) is 0.802. The Labute approximate surface area is 109 Å². The van der Waals surface area contributed by atoms with Crippen molar-refractivity contribution in [1.29, 1.82) is 0 Å². The highest BCUT2D eigenvalue weighted by molar-refractivity contribution is 5.81. The second kappa shape index (κ2) is 6.02. The Morgan fingerprint density at radius 2 is 2.11 bits per heavy atom. The van der Waals surface area contributed by atoms with E-state index in [9.17, 15) is 9.90 Å². The van der Waals surface area contributed by atoms with Gasteiger partial charge in [0.15, 0.2) is 0 Å². The molecule has 1 saturated carbocycles. The molecule has 18 heavy (non-hydrogen) atoms.